The Kier molecular flexibility index (Phi) is 5.12. The first-order valence-electron chi connectivity index (χ1n) is 8.17. The van der Waals surface area contributed by atoms with Crippen LogP contribution in [0.3, 0.4) is 0 Å². The van der Waals surface area contributed by atoms with Crippen molar-refractivity contribution in [1.29, 1.82) is 0 Å². The molecule has 2 amide bonds. The third-order valence-electron chi connectivity index (χ3n) is 5.12. The minimum Gasteiger partial charge on any atom is -0.481 e. The van der Waals surface area contributed by atoms with Crippen molar-refractivity contribution in [2.24, 2.45) is 11.8 Å². The lowest BCUT2D eigenvalue weighted by molar-refractivity contribution is -0.138. The second kappa shape index (κ2) is 6.67. The Morgan fingerprint density at radius 1 is 1.29 bits per heavy atom. The summed E-state index contributed by atoms with van der Waals surface area (Å²) in [5.41, 5.74) is 0. The zero-order chi connectivity index (χ0) is 15.6. The molecule has 0 aromatic rings. The number of rotatable bonds is 5. The summed E-state index contributed by atoms with van der Waals surface area (Å²) in [5, 5.41) is 8.96. The Hall–Kier alpha value is -1.26. The van der Waals surface area contributed by atoms with Crippen LogP contribution in [0.2, 0.25) is 0 Å². The van der Waals surface area contributed by atoms with Crippen LogP contribution < -0.4 is 0 Å². The predicted molar refractivity (Wildman–Crippen MR) is 81.1 cm³/mol. The van der Waals surface area contributed by atoms with E-state index in [0.29, 0.717) is 5.92 Å². The zero-order valence-corrected chi connectivity index (χ0v) is 13.4. The van der Waals surface area contributed by atoms with Gasteiger partial charge in [-0.2, -0.15) is 0 Å². The molecule has 5 heteroatoms. The molecule has 2 saturated heterocycles. The van der Waals surface area contributed by atoms with Gasteiger partial charge in [-0.25, -0.2) is 4.79 Å². The first-order chi connectivity index (χ1) is 9.92. The summed E-state index contributed by atoms with van der Waals surface area (Å²) >= 11 is 0. The van der Waals surface area contributed by atoms with Gasteiger partial charge in [0.2, 0.25) is 0 Å². The minimum absolute atomic E-state index is 0.136. The molecule has 0 aliphatic carbocycles. The number of amides is 2. The van der Waals surface area contributed by atoms with E-state index in [9.17, 15) is 9.59 Å². The van der Waals surface area contributed by atoms with E-state index in [2.05, 4.69) is 13.8 Å². The van der Waals surface area contributed by atoms with Gasteiger partial charge in [0.05, 0.1) is 0 Å². The van der Waals surface area contributed by atoms with Crippen molar-refractivity contribution in [3.8, 4) is 0 Å². The Morgan fingerprint density at radius 2 is 1.86 bits per heavy atom. The fourth-order valence-corrected chi connectivity index (χ4v) is 3.89. The van der Waals surface area contributed by atoms with Crippen molar-refractivity contribution >= 4 is 12.0 Å². The number of nitrogens with zero attached hydrogens (tertiary/aromatic N) is 2. The average molecular weight is 296 g/mol. The molecule has 0 aromatic heterocycles. The first-order valence-corrected chi connectivity index (χ1v) is 8.17. The standard InChI is InChI=1S/C16H28N2O3/c1-4-11(2)10-17(3)16(21)18-13-5-6-14(18)8-12(7-13)9-15(19)20/h11-14H,4-10H2,1-3H3,(H,19,20). The fraction of sp³-hybridized carbons (Fsp3) is 0.875. The normalized spacial score (nSPS) is 29.3. The van der Waals surface area contributed by atoms with Crippen LogP contribution in [0.1, 0.15) is 52.4 Å². The minimum atomic E-state index is -0.715. The predicted octanol–water partition coefficient (Wildman–Crippen LogP) is 2.80. The number of carbonyl (C=O) groups is 2. The maximum absolute atomic E-state index is 12.7. The number of hydrogen-bond acceptors (Lipinski definition) is 2. The molecule has 0 aromatic carbocycles. The number of aliphatic carboxylic acids is 1. The van der Waals surface area contributed by atoms with Crippen molar-refractivity contribution < 1.29 is 14.7 Å². The second-order valence-electron chi connectivity index (χ2n) is 6.90. The summed E-state index contributed by atoms with van der Waals surface area (Å²) in [7, 11) is 1.89. The molecule has 0 saturated carbocycles. The van der Waals surface area contributed by atoms with Gasteiger partial charge in [-0.1, -0.05) is 20.3 Å². The summed E-state index contributed by atoms with van der Waals surface area (Å²) in [5.74, 6) is 0.0399. The first kappa shape index (κ1) is 16.1. The van der Waals surface area contributed by atoms with Crippen LogP contribution in [0, 0.1) is 11.8 Å². The summed E-state index contributed by atoms with van der Waals surface area (Å²) in [4.78, 5) is 27.5. The van der Waals surface area contributed by atoms with Crippen LogP contribution in [0.5, 0.6) is 0 Å². The van der Waals surface area contributed by atoms with Gasteiger partial charge in [0, 0.05) is 32.1 Å². The average Bonchev–Trinajstić information content (AvgIpc) is 2.68. The molecule has 5 nitrogen and oxygen atoms in total. The maximum atomic E-state index is 12.7. The van der Waals surface area contributed by atoms with Crippen LogP contribution in [0.25, 0.3) is 0 Å². The highest BCUT2D eigenvalue weighted by Gasteiger charge is 2.44. The number of carbonyl (C=O) groups excluding carboxylic acids is 1. The number of carboxylic acid groups (broad SMARTS) is 1. The molecular weight excluding hydrogens is 268 g/mol. The molecule has 3 atom stereocenters. The summed E-state index contributed by atoms with van der Waals surface area (Å²) in [6.07, 6.45) is 5.09. The summed E-state index contributed by atoms with van der Waals surface area (Å²) in [6, 6.07) is 0.636. The third-order valence-corrected chi connectivity index (χ3v) is 5.12. The lowest BCUT2D eigenvalue weighted by atomic mass is 9.88. The summed E-state index contributed by atoms with van der Waals surface area (Å²) < 4.78 is 0. The van der Waals surface area contributed by atoms with E-state index in [4.69, 9.17) is 5.11 Å². The topological polar surface area (TPSA) is 60.9 Å². The molecule has 21 heavy (non-hydrogen) atoms. The SMILES string of the molecule is CCC(C)CN(C)C(=O)N1C2CCC1CC(CC(=O)O)C2. The molecule has 2 heterocycles. The molecule has 2 aliphatic rings. The van der Waals surface area contributed by atoms with Crippen LogP contribution in [0.4, 0.5) is 4.79 Å². The zero-order valence-electron chi connectivity index (χ0n) is 13.4. The van der Waals surface area contributed by atoms with Gasteiger partial charge < -0.3 is 14.9 Å². The number of fused-ring (bicyclic) bond motifs is 2. The molecule has 2 rings (SSSR count). The molecule has 120 valence electrons. The lowest BCUT2D eigenvalue weighted by Crippen LogP contribution is -2.52. The largest absolute Gasteiger partial charge is 0.481 e. The van der Waals surface area contributed by atoms with E-state index in [0.717, 1.165) is 38.6 Å². The van der Waals surface area contributed by atoms with Crippen LogP contribution in [-0.4, -0.2) is 52.6 Å². The molecule has 0 radical (unpaired) electrons. The molecule has 1 N–H and O–H groups in total. The van der Waals surface area contributed by atoms with Gasteiger partial charge in [0.1, 0.15) is 0 Å². The van der Waals surface area contributed by atoms with Gasteiger partial charge in [-0.3, -0.25) is 4.79 Å². The molecule has 2 aliphatic heterocycles. The Bertz CT molecular complexity index is 385. The van der Waals surface area contributed by atoms with E-state index >= 15 is 0 Å². The van der Waals surface area contributed by atoms with Gasteiger partial charge in [-0.15, -0.1) is 0 Å². The Balaban J connectivity index is 1.96. The van der Waals surface area contributed by atoms with Gasteiger partial charge >= 0.3 is 12.0 Å². The fourth-order valence-electron chi connectivity index (χ4n) is 3.89. The number of carboxylic acids is 1. The van der Waals surface area contributed by atoms with Crippen molar-refractivity contribution in [3.63, 3.8) is 0 Å². The van der Waals surface area contributed by atoms with E-state index in [1.165, 1.54) is 0 Å². The number of urea groups is 1. The van der Waals surface area contributed by atoms with Crippen LogP contribution in [0.15, 0.2) is 0 Å². The number of piperidine rings is 1. The van der Waals surface area contributed by atoms with E-state index in [1.807, 2.05) is 16.8 Å². The van der Waals surface area contributed by atoms with Gasteiger partial charge in [-0.05, 0) is 37.5 Å². The van der Waals surface area contributed by atoms with Crippen molar-refractivity contribution in [3.05, 3.63) is 0 Å². The van der Waals surface area contributed by atoms with E-state index in [1.54, 1.807) is 0 Å². The third kappa shape index (κ3) is 3.69. The van der Waals surface area contributed by atoms with Gasteiger partial charge in [0.15, 0.2) is 0 Å². The van der Waals surface area contributed by atoms with Crippen LogP contribution >= 0.6 is 0 Å². The lowest BCUT2D eigenvalue weighted by Gasteiger charge is -2.40. The number of hydrogen-bond donors (Lipinski definition) is 1. The molecule has 2 fully saturated rings. The molecule has 3 unspecified atom stereocenters. The highest BCUT2D eigenvalue weighted by molar-refractivity contribution is 5.75. The highest BCUT2D eigenvalue weighted by atomic mass is 16.4. The molecule has 0 spiro atoms. The molecule has 2 bridgehead atoms. The van der Waals surface area contributed by atoms with E-state index < -0.39 is 5.97 Å². The monoisotopic (exact) mass is 296 g/mol. The maximum Gasteiger partial charge on any atom is 0.320 e. The highest BCUT2D eigenvalue weighted by Crippen LogP contribution is 2.40. The van der Waals surface area contributed by atoms with Crippen molar-refractivity contribution in [1.82, 2.24) is 9.80 Å². The smallest absolute Gasteiger partial charge is 0.320 e. The Morgan fingerprint density at radius 3 is 2.33 bits per heavy atom. The van der Waals surface area contributed by atoms with Crippen molar-refractivity contribution in [2.75, 3.05) is 13.6 Å². The van der Waals surface area contributed by atoms with Crippen LogP contribution in [-0.2, 0) is 4.79 Å². The summed E-state index contributed by atoms with van der Waals surface area (Å²) in [6.45, 7) is 5.10. The van der Waals surface area contributed by atoms with Gasteiger partial charge in [0.25, 0.3) is 0 Å². The quantitative estimate of drug-likeness (QED) is 0.848. The second-order valence-corrected chi connectivity index (χ2v) is 6.90. The molecular formula is C16H28N2O3. The van der Waals surface area contributed by atoms with Crippen molar-refractivity contribution in [2.45, 2.75) is 64.5 Å². The Labute approximate surface area is 127 Å². The van der Waals surface area contributed by atoms with E-state index in [-0.39, 0.29) is 30.5 Å².